The van der Waals surface area contributed by atoms with Gasteiger partial charge in [-0.25, -0.2) is 0 Å². The first kappa shape index (κ1) is 11.2. The third-order valence-electron chi connectivity index (χ3n) is 2.80. The Labute approximate surface area is 86.3 Å². The van der Waals surface area contributed by atoms with Crippen LogP contribution in [0.5, 0.6) is 0 Å². The van der Waals surface area contributed by atoms with Crippen LogP contribution in [0.2, 0.25) is 0 Å². The van der Waals surface area contributed by atoms with Crippen LogP contribution in [-0.2, 0) is 6.54 Å². The van der Waals surface area contributed by atoms with Crippen molar-refractivity contribution < 1.29 is 0 Å². The molecule has 3 nitrogen and oxygen atoms in total. The normalized spacial score (nSPS) is 13.2. The number of hydrogen-bond donors (Lipinski definition) is 1. The van der Waals surface area contributed by atoms with E-state index in [0.717, 1.165) is 5.69 Å². The zero-order chi connectivity index (χ0) is 10.7. The van der Waals surface area contributed by atoms with Gasteiger partial charge in [-0.15, -0.1) is 0 Å². The fraction of sp³-hybridized carbons (Fsp3) is 0.727. The molecule has 1 rings (SSSR count). The summed E-state index contributed by atoms with van der Waals surface area (Å²) in [5.41, 5.74) is 9.19. The van der Waals surface area contributed by atoms with E-state index >= 15 is 0 Å². The Morgan fingerprint density at radius 2 is 2.07 bits per heavy atom. The maximum Gasteiger partial charge on any atom is 0.0641 e. The van der Waals surface area contributed by atoms with Gasteiger partial charge in [-0.05, 0) is 27.2 Å². The van der Waals surface area contributed by atoms with Crippen LogP contribution in [0.15, 0.2) is 0 Å². The zero-order valence-corrected chi connectivity index (χ0v) is 9.67. The number of aromatic nitrogens is 2. The van der Waals surface area contributed by atoms with E-state index in [4.69, 9.17) is 5.73 Å². The number of rotatable bonds is 4. The van der Waals surface area contributed by atoms with Crippen LogP contribution in [-0.4, -0.2) is 9.78 Å². The molecule has 0 saturated carbocycles. The van der Waals surface area contributed by atoms with Crippen LogP contribution in [0, 0.1) is 13.8 Å². The second-order valence-corrected chi connectivity index (χ2v) is 3.94. The molecular weight excluding hydrogens is 174 g/mol. The van der Waals surface area contributed by atoms with E-state index in [1.165, 1.54) is 24.1 Å². The molecule has 1 heterocycles. The second kappa shape index (κ2) is 4.60. The van der Waals surface area contributed by atoms with Crippen molar-refractivity contribution in [1.29, 1.82) is 0 Å². The molecule has 1 aromatic rings. The predicted molar refractivity (Wildman–Crippen MR) is 59.2 cm³/mol. The maximum absolute atomic E-state index is 5.69. The van der Waals surface area contributed by atoms with Gasteiger partial charge in [0.25, 0.3) is 0 Å². The molecule has 80 valence electrons. The molecule has 14 heavy (non-hydrogen) atoms. The number of nitrogens with zero attached hydrogens (tertiary/aromatic N) is 2. The van der Waals surface area contributed by atoms with Crippen LogP contribution in [0.4, 0.5) is 0 Å². The molecule has 1 unspecified atom stereocenters. The lowest BCUT2D eigenvalue weighted by molar-refractivity contribution is 0.443. The van der Waals surface area contributed by atoms with E-state index in [1.54, 1.807) is 0 Å². The highest BCUT2D eigenvalue weighted by atomic mass is 15.3. The van der Waals surface area contributed by atoms with Gasteiger partial charge in [-0.3, -0.25) is 4.68 Å². The molecule has 3 heteroatoms. The molecular formula is C11H21N3. The summed E-state index contributed by atoms with van der Waals surface area (Å²) >= 11 is 0. The van der Waals surface area contributed by atoms with Crippen molar-refractivity contribution in [3.05, 3.63) is 17.0 Å². The molecule has 0 aromatic carbocycles. The molecule has 0 fully saturated rings. The first-order valence-electron chi connectivity index (χ1n) is 5.36. The third-order valence-corrected chi connectivity index (χ3v) is 2.80. The van der Waals surface area contributed by atoms with Crippen LogP contribution in [0.1, 0.15) is 49.7 Å². The summed E-state index contributed by atoms with van der Waals surface area (Å²) in [5, 5.41) is 4.54. The Hall–Kier alpha value is -0.830. The third kappa shape index (κ3) is 1.98. The van der Waals surface area contributed by atoms with Crippen molar-refractivity contribution in [3.8, 4) is 0 Å². The van der Waals surface area contributed by atoms with Crippen molar-refractivity contribution >= 4 is 0 Å². The van der Waals surface area contributed by atoms with Gasteiger partial charge in [0.1, 0.15) is 0 Å². The van der Waals surface area contributed by atoms with Crippen molar-refractivity contribution in [2.75, 3.05) is 0 Å². The minimum Gasteiger partial charge on any atom is -0.326 e. The fourth-order valence-electron chi connectivity index (χ4n) is 1.96. The van der Waals surface area contributed by atoms with Gasteiger partial charge in [0.2, 0.25) is 0 Å². The molecule has 2 N–H and O–H groups in total. The molecule has 0 spiro atoms. The van der Waals surface area contributed by atoms with Crippen LogP contribution >= 0.6 is 0 Å². The first-order chi connectivity index (χ1) is 6.61. The highest BCUT2D eigenvalue weighted by Gasteiger charge is 2.13. The summed E-state index contributed by atoms with van der Waals surface area (Å²) in [6.45, 7) is 9.14. The van der Waals surface area contributed by atoms with E-state index in [1.807, 2.05) is 6.92 Å². The highest BCUT2D eigenvalue weighted by molar-refractivity contribution is 5.24. The SMILES string of the molecule is CCCC(C)n1nc(C)c(CN)c1C. The molecule has 0 bridgehead atoms. The van der Waals surface area contributed by atoms with Gasteiger partial charge < -0.3 is 5.73 Å². The van der Waals surface area contributed by atoms with Crippen LogP contribution < -0.4 is 5.73 Å². The van der Waals surface area contributed by atoms with Crippen LogP contribution in [0.25, 0.3) is 0 Å². The molecule has 0 aliphatic carbocycles. The maximum atomic E-state index is 5.69. The van der Waals surface area contributed by atoms with Crippen molar-refractivity contribution in [2.45, 2.75) is 53.1 Å². The Morgan fingerprint density at radius 1 is 1.43 bits per heavy atom. The average Bonchev–Trinajstić information content (AvgIpc) is 2.42. The van der Waals surface area contributed by atoms with Gasteiger partial charge in [-0.1, -0.05) is 13.3 Å². The van der Waals surface area contributed by atoms with Gasteiger partial charge in [0, 0.05) is 23.8 Å². The van der Waals surface area contributed by atoms with E-state index in [0.29, 0.717) is 12.6 Å². The number of aryl methyl sites for hydroxylation is 1. The topological polar surface area (TPSA) is 43.8 Å². The molecule has 1 aromatic heterocycles. The zero-order valence-electron chi connectivity index (χ0n) is 9.67. The fourth-order valence-corrected chi connectivity index (χ4v) is 1.96. The Balaban J connectivity index is 2.98. The standard InChI is InChI=1S/C11H21N3/c1-5-6-8(2)14-10(4)11(7-12)9(3)13-14/h8H,5-7,12H2,1-4H3. The predicted octanol–water partition coefficient (Wildman–Crippen LogP) is 2.32. The van der Waals surface area contributed by atoms with Gasteiger partial charge >= 0.3 is 0 Å². The minimum atomic E-state index is 0.485. The second-order valence-electron chi connectivity index (χ2n) is 3.94. The van der Waals surface area contributed by atoms with Crippen molar-refractivity contribution in [3.63, 3.8) is 0 Å². The average molecular weight is 195 g/mol. The summed E-state index contributed by atoms with van der Waals surface area (Å²) in [7, 11) is 0. The first-order valence-corrected chi connectivity index (χ1v) is 5.36. The molecule has 0 aliphatic rings. The molecule has 0 radical (unpaired) electrons. The van der Waals surface area contributed by atoms with E-state index in [2.05, 4.69) is 30.6 Å². The molecule has 0 amide bonds. The summed E-state index contributed by atoms with van der Waals surface area (Å²) in [6, 6.07) is 0.485. The van der Waals surface area contributed by atoms with E-state index < -0.39 is 0 Å². The van der Waals surface area contributed by atoms with Gasteiger partial charge in [0.15, 0.2) is 0 Å². The molecule has 0 aliphatic heterocycles. The van der Waals surface area contributed by atoms with Crippen molar-refractivity contribution in [1.82, 2.24) is 9.78 Å². The summed E-state index contributed by atoms with van der Waals surface area (Å²) in [6.07, 6.45) is 2.36. The lowest BCUT2D eigenvalue weighted by Gasteiger charge is -2.13. The summed E-state index contributed by atoms with van der Waals surface area (Å²) < 4.78 is 2.11. The van der Waals surface area contributed by atoms with E-state index in [-0.39, 0.29) is 0 Å². The minimum absolute atomic E-state index is 0.485. The largest absolute Gasteiger partial charge is 0.326 e. The number of nitrogens with two attached hydrogens (primary N) is 1. The quantitative estimate of drug-likeness (QED) is 0.801. The monoisotopic (exact) mass is 195 g/mol. The molecule has 0 saturated heterocycles. The Morgan fingerprint density at radius 3 is 2.50 bits per heavy atom. The number of hydrogen-bond acceptors (Lipinski definition) is 2. The lowest BCUT2D eigenvalue weighted by Crippen LogP contribution is -2.09. The summed E-state index contributed by atoms with van der Waals surface area (Å²) in [4.78, 5) is 0. The Kier molecular flexibility index (Phi) is 3.69. The van der Waals surface area contributed by atoms with Gasteiger partial charge in [-0.2, -0.15) is 5.10 Å². The summed E-state index contributed by atoms with van der Waals surface area (Å²) in [5.74, 6) is 0. The van der Waals surface area contributed by atoms with Crippen molar-refractivity contribution in [2.24, 2.45) is 5.73 Å². The van der Waals surface area contributed by atoms with Crippen LogP contribution in [0.3, 0.4) is 0 Å². The smallest absolute Gasteiger partial charge is 0.0641 e. The highest BCUT2D eigenvalue weighted by Crippen LogP contribution is 2.19. The Bertz CT molecular complexity index is 302. The van der Waals surface area contributed by atoms with E-state index in [9.17, 15) is 0 Å². The van der Waals surface area contributed by atoms with Gasteiger partial charge in [0.05, 0.1) is 5.69 Å². The molecule has 1 atom stereocenters. The lowest BCUT2D eigenvalue weighted by atomic mass is 10.1.